The normalized spacial score (nSPS) is 18.3. The molecular weight excluding hydrogens is 318 g/mol. The third-order valence-corrected chi connectivity index (χ3v) is 4.57. The Kier molecular flexibility index (Phi) is 5.67. The van der Waals surface area contributed by atoms with Gasteiger partial charge < -0.3 is 20.5 Å². The van der Waals surface area contributed by atoms with Crippen LogP contribution in [0.25, 0.3) is 0 Å². The molecular formula is C18H25N5O2. The second-order valence-electron chi connectivity index (χ2n) is 6.21. The van der Waals surface area contributed by atoms with Crippen molar-refractivity contribution in [2.45, 2.75) is 19.0 Å². The molecule has 3 rings (SSSR count). The summed E-state index contributed by atoms with van der Waals surface area (Å²) in [6.45, 7) is 3.57. The van der Waals surface area contributed by atoms with Gasteiger partial charge in [0.1, 0.15) is 11.6 Å². The molecule has 2 heterocycles. The number of aliphatic hydroxyl groups excluding tert-OH is 1. The largest absolute Gasteiger partial charge is 0.497 e. The summed E-state index contributed by atoms with van der Waals surface area (Å²) >= 11 is 0. The van der Waals surface area contributed by atoms with Gasteiger partial charge in [0.25, 0.3) is 0 Å². The molecule has 134 valence electrons. The molecule has 0 bridgehead atoms. The first-order valence-corrected chi connectivity index (χ1v) is 8.51. The predicted octanol–water partition coefficient (Wildman–Crippen LogP) is 1.14. The van der Waals surface area contributed by atoms with Crippen LogP contribution >= 0.6 is 0 Å². The van der Waals surface area contributed by atoms with Crippen LogP contribution in [0.4, 0.5) is 11.8 Å². The van der Waals surface area contributed by atoms with Gasteiger partial charge in [-0.1, -0.05) is 12.1 Å². The molecule has 2 aromatic rings. The van der Waals surface area contributed by atoms with Crippen molar-refractivity contribution in [1.29, 1.82) is 0 Å². The molecule has 25 heavy (non-hydrogen) atoms. The van der Waals surface area contributed by atoms with Crippen LogP contribution < -0.4 is 15.4 Å². The van der Waals surface area contributed by atoms with E-state index in [-0.39, 0.29) is 18.6 Å². The van der Waals surface area contributed by atoms with Crippen molar-refractivity contribution < 1.29 is 9.84 Å². The zero-order valence-corrected chi connectivity index (χ0v) is 14.5. The van der Waals surface area contributed by atoms with E-state index in [4.69, 9.17) is 10.5 Å². The molecule has 1 aliphatic heterocycles. The summed E-state index contributed by atoms with van der Waals surface area (Å²) in [5.74, 6) is 2.00. The number of piperazine rings is 1. The van der Waals surface area contributed by atoms with Crippen molar-refractivity contribution in [3.63, 3.8) is 0 Å². The van der Waals surface area contributed by atoms with Crippen molar-refractivity contribution in [1.82, 2.24) is 14.9 Å². The Hall–Kier alpha value is -2.38. The lowest BCUT2D eigenvalue weighted by Crippen LogP contribution is -2.53. The second-order valence-corrected chi connectivity index (χ2v) is 6.21. The number of nitrogens with two attached hydrogens (primary N) is 1. The van der Waals surface area contributed by atoms with Crippen molar-refractivity contribution in [2.24, 2.45) is 0 Å². The summed E-state index contributed by atoms with van der Waals surface area (Å²) in [4.78, 5) is 12.9. The molecule has 1 aliphatic rings. The highest BCUT2D eigenvalue weighted by Crippen LogP contribution is 2.22. The number of methoxy groups -OCH3 is 1. The monoisotopic (exact) mass is 343 g/mol. The van der Waals surface area contributed by atoms with Crippen LogP contribution in [-0.4, -0.2) is 59.4 Å². The number of nitrogens with zero attached hydrogens (tertiary/aromatic N) is 4. The molecule has 0 aliphatic carbocycles. The third-order valence-electron chi connectivity index (χ3n) is 4.57. The van der Waals surface area contributed by atoms with Crippen LogP contribution in [0, 0.1) is 0 Å². The van der Waals surface area contributed by atoms with E-state index in [1.165, 1.54) is 5.56 Å². The number of hydrogen-bond acceptors (Lipinski definition) is 7. The Bertz CT molecular complexity index is 697. The van der Waals surface area contributed by atoms with Gasteiger partial charge in [-0.15, -0.1) is 0 Å². The molecule has 1 aromatic carbocycles. The first-order valence-electron chi connectivity index (χ1n) is 8.51. The maximum atomic E-state index is 9.47. The molecule has 0 radical (unpaired) electrons. The number of aromatic nitrogens is 2. The van der Waals surface area contributed by atoms with Gasteiger partial charge in [-0.2, -0.15) is 4.98 Å². The van der Waals surface area contributed by atoms with E-state index in [2.05, 4.69) is 31.9 Å². The van der Waals surface area contributed by atoms with E-state index in [0.717, 1.165) is 44.2 Å². The first-order chi connectivity index (χ1) is 12.2. The summed E-state index contributed by atoms with van der Waals surface area (Å²) in [6, 6.07) is 10.3. The Morgan fingerprint density at radius 1 is 1.32 bits per heavy atom. The Morgan fingerprint density at radius 2 is 2.20 bits per heavy atom. The summed E-state index contributed by atoms with van der Waals surface area (Å²) in [5, 5.41) is 9.47. The van der Waals surface area contributed by atoms with E-state index >= 15 is 0 Å². The number of anilines is 2. The van der Waals surface area contributed by atoms with Crippen molar-refractivity contribution >= 4 is 11.8 Å². The van der Waals surface area contributed by atoms with Crippen LogP contribution in [-0.2, 0) is 6.54 Å². The standard InChI is InChI=1S/C18H25N5O2/c1-25-16-4-2-3-14(11-16)12-22-8-9-23(13-15(22)6-10-24)17-5-7-20-18(19)21-17/h2-5,7,11,15,24H,6,8-10,12-13H2,1H3,(H2,19,20,21)/t15-/m1/s1. The number of ether oxygens (including phenoxy) is 1. The van der Waals surface area contributed by atoms with Crippen molar-refractivity contribution in [3.05, 3.63) is 42.1 Å². The van der Waals surface area contributed by atoms with Gasteiger partial charge in [-0.25, -0.2) is 4.98 Å². The molecule has 7 heteroatoms. The lowest BCUT2D eigenvalue weighted by atomic mass is 10.1. The molecule has 1 atom stereocenters. The SMILES string of the molecule is COc1cccc(CN2CCN(c3ccnc(N)n3)C[C@H]2CCO)c1. The van der Waals surface area contributed by atoms with Gasteiger partial charge in [0.15, 0.2) is 0 Å². The average molecular weight is 343 g/mol. The highest BCUT2D eigenvalue weighted by Gasteiger charge is 2.27. The third kappa shape index (κ3) is 4.37. The van der Waals surface area contributed by atoms with E-state index in [9.17, 15) is 5.11 Å². The van der Waals surface area contributed by atoms with E-state index in [1.54, 1.807) is 13.3 Å². The highest BCUT2D eigenvalue weighted by molar-refractivity contribution is 5.41. The maximum absolute atomic E-state index is 9.47. The minimum Gasteiger partial charge on any atom is -0.497 e. The number of hydrogen-bond donors (Lipinski definition) is 2. The Morgan fingerprint density at radius 3 is 2.96 bits per heavy atom. The van der Waals surface area contributed by atoms with Crippen LogP contribution in [0.3, 0.4) is 0 Å². The molecule has 3 N–H and O–H groups in total. The lowest BCUT2D eigenvalue weighted by molar-refractivity contribution is 0.135. The molecule has 1 fully saturated rings. The van der Waals surface area contributed by atoms with E-state index in [1.807, 2.05) is 18.2 Å². The van der Waals surface area contributed by atoms with Gasteiger partial charge in [0.2, 0.25) is 5.95 Å². The number of aliphatic hydroxyl groups is 1. The molecule has 0 spiro atoms. The summed E-state index contributed by atoms with van der Waals surface area (Å²) in [7, 11) is 1.68. The van der Waals surface area contributed by atoms with Crippen LogP contribution in [0.5, 0.6) is 5.75 Å². The van der Waals surface area contributed by atoms with Gasteiger partial charge in [-0.05, 0) is 30.2 Å². The van der Waals surface area contributed by atoms with Gasteiger partial charge in [-0.3, -0.25) is 4.90 Å². The van der Waals surface area contributed by atoms with Gasteiger partial charge >= 0.3 is 0 Å². The lowest BCUT2D eigenvalue weighted by Gasteiger charge is -2.42. The Balaban J connectivity index is 1.71. The van der Waals surface area contributed by atoms with Crippen molar-refractivity contribution in [2.75, 3.05) is 44.0 Å². The fourth-order valence-corrected chi connectivity index (χ4v) is 3.28. The predicted molar refractivity (Wildman–Crippen MR) is 97.6 cm³/mol. The smallest absolute Gasteiger partial charge is 0.221 e. The van der Waals surface area contributed by atoms with Crippen molar-refractivity contribution in [3.8, 4) is 5.75 Å². The molecule has 7 nitrogen and oxygen atoms in total. The zero-order valence-electron chi connectivity index (χ0n) is 14.5. The van der Waals surface area contributed by atoms with Crippen LogP contribution in [0.1, 0.15) is 12.0 Å². The van der Waals surface area contributed by atoms with E-state index in [0.29, 0.717) is 0 Å². The minimum atomic E-state index is 0.166. The number of benzene rings is 1. The zero-order chi connectivity index (χ0) is 17.6. The number of nitrogen functional groups attached to an aromatic ring is 1. The molecule has 0 amide bonds. The fourth-order valence-electron chi connectivity index (χ4n) is 3.28. The average Bonchev–Trinajstić information content (AvgIpc) is 2.63. The highest BCUT2D eigenvalue weighted by atomic mass is 16.5. The number of rotatable bonds is 6. The van der Waals surface area contributed by atoms with Gasteiger partial charge in [0, 0.05) is 45.0 Å². The summed E-state index contributed by atoms with van der Waals surface area (Å²) in [6.07, 6.45) is 2.41. The molecule has 0 saturated carbocycles. The molecule has 1 aromatic heterocycles. The summed E-state index contributed by atoms with van der Waals surface area (Å²) < 4.78 is 5.31. The van der Waals surface area contributed by atoms with Crippen LogP contribution in [0.15, 0.2) is 36.5 Å². The van der Waals surface area contributed by atoms with E-state index < -0.39 is 0 Å². The minimum absolute atomic E-state index is 0.166. The quantitative estimate of drug-likeness (QED) is 0.813. The van der Waals surface area contributed by atoms with Gasteiger partial charge in [0.05, 0.1) is 7.11 Å². The Labute approximate surface area is 148 Å². The topological polar surface area (TPSA) is 87.7 Å². The molecule has 0 unspecified atom stereocenters. The van der Waals surface area contributed by atoms with Crippen LogP contribution in [0.2, 0.25) is 0 Å². The first kappa shape index (κ1) is 17.4. The maximum Gasteiger partial charge on any atom is 0.221 e. The second kappa shape index (κ2) is 8.13. The fraction of sp³-hybridized carbons (Fsp3) is 0.444. The summed E-state index contributed by atoms with van der Waals surface area (Å²) in [5.41, 5.74) is 6.91. The molecule has 1 saturated heterocycles.